The molecular formula is C25H26N2O4. The molecule has 1 amide bonds. The number of nitrogens with zero attached hydrogens (tertiary/aromatic N) is 1. The number of rotatable bonds is 6. The second-order valence-corrected chi connectivity index (χ2v) is 7.82. The Hall–Kier alpha value is -3.41. The number of amides is 1. The molecule has 0 bridgehead atoms. The minimum absolute atomic E-state index is 0.0370. The summed E-state index contributed by atoms with van der Waals surface area (Å²) < 4.78 is 10.9. The number of aromatic nitrogens is 1. The van der Waals surface area contributed by atoms with Crippen molar-refractivity contribution in [1.82, 2.24) is 10.3 Å². The van der Waals surface area contributed by atoms with Gasteiger partial charge in [-0.15, -0.1) is 0 Å². The molecule has 1 aliphatic rings. The molecule has 2 aromatic heterocycles. The first-order valence-corrected chi connectivity index (χ1v) is 10.7. The molecule has 3 aromatic rings. The smallest absolute Gasteiger partial charge is 0.339 e. The van der Waals surface area contributed by atoms with E-state index in [9.17, 15) is 9.59 Å². The second-order valence-electron chi connectivity index (χ2n) is 7.82. The molecule has 0 radical (unpaired) electrons. The van der Waals surface area contributed by atoms with Gasteiger partial charge in [-0.3, -0.25) is 4.79 Å². The molecule has 4 rings (SSSR count). The lowest BCUT2D eigenvalue weighted by Crippen LogP contribution is -2.35. The summed E-state index contributed by atoms with van der Waals surface area (Å²) in [6.45, 7) is 3.60. The highest BCUT2D eigenvalue weighted by Crippen LogP contribution is 2.36. The van der Waals surface area contributed by atoms with Crippen LogP contribution in [-0.4, -0.2) is 29.5 Å². The highest BCUT2D eigenvalue weighted by molar-refractivity contribution is 6.07. The van der Waals surface area contributed by atoms with Gasteiger partial charge in [0.2, 0.25) is 0 Å². The number of hydrogen-bond donors (Lipinski definition) is 1. The Kier molecular flexibility index (Phi) is 6.16. The molecule has 0 fully saturated rings. The van der Waals surface area contributed by atoms with E-state index in [1.807, 2.05) is 56.3 Å². The summed E-state index contributed by atoms with van der Waals surface area (Å²) in [6.07, 6.45) is 6.91. The fraction of sp³-hybridized carbons (Fsp3) is 0.320. The third-order valence-corrected chi connectivity index (χ3v) is 5.59. The zero-order chi connectivity index (χ0) is 21.8. The Balaban J connectivity index is 1.71. The number of benzene rings is 1. The third-order valence-electron chi connectivity index (χ3n) is 5.59. The maximum absolute atomic E-state index is 13.1. The summed E-state index contributed by atoms with van der Waals surface area (Å²) in [5.74, 6) is -0.0367. The number of allylic oxidation sites excluding steroid dienone is 1. The van der Waals surface area contributed by atoms with Gasteiger partial charge in [0.25, 0.3) is 5.91 Å². The molecule has 1 aliphatic carbocycles. The van der Waals surface area contributed by atoms with Gasteiger partial charge in [-0.2, -0.15) is 0 Å². The van der Waals surface area contributed by atoms with Crippen molar-refractivity contribution >= 4 is 34.4 Å². The SMILES string of the molecule is CCC(C)NC(=O)COC(=O)c1c2c(nc3ccccc13)/C(=C/c1ccco1)CCC2. The highest BCUT2D eigenvalue weighted by Gasteiger charge is 2.26. The predicted octanol–water partition coefficient (Wildman–Crippen LogP) is 4.78. The van der Waals surface area contributed by atoms with Gasteiger partial charge < -0.3 is 14.5 Å². The number of pyridine rings is 1. The maximum Gasteiger partial charge on any atom is 0.339 e. The Morgan fingerprint density at radius 3 is 2.84 bits per heavy atom. The average molecular weight is 418 g/mol. The molecule has 160 valence electrons. The molecule has 0 saturated heterocycles. The van der Waals surface area contributed by atoms with Crippen LogP contribution in [0.3, 0.4) is 0 Å². The van der Waals surface area contributed by atoms with Gasteiger partial charge in [0.1, 0.15) is 5.76 Å². The number of nitrogens with one attached hydrogen (secondary N) is 1. The standard InChI is InChI=1S/C25H26N2O4/c1-3-16(2)26-22(28)15-31-25(29)23-19-10-4-5-12-21(19)27-24-17(8-6-11-20(23)24)14-18-9-7-13-30-18/h4-5,7,9-10,12-14,16H,3,6,8,11,15H2,1-2H3,(H,26,28)/b17-14+. The van der Waals surface area contributed by atoms with Crippen LogP contribution in [0.4, 0.5) is 0 Å². The van der Waals surface area contributed by atoms with Crippen LogP contribution in [0, 0.1) is 0 Å². The monoisotopic (exact) mass is 418 g/mol. The van der Waals surface area contributed by atoms with E-state index in [0.717, 1.165) is 59.2 Å². The van der Waals surface area contributed by atoms with Crippen LogP contribution >= 0.6 is 0 Å². The zero-order valence-electron chi connectivity index (χ0n) is 17.8. The Bertz CT molecular complexity index is 1130. The number of carbonyl (C=O) groups excluding carboxylic acids is 2. The summed E-state index contributed by atoms with van der Waals surface area (Å²) >= 11 is 0. The molecular weight excluding hydrogens is 392 g/mol. The Labute approximate surface area is 181 Å². The molecule has 0 saturated carbocycles. The van der Waals surface area contributed by atoms with Crippen LogP contribution in [-0.2, 0) is 16.0 Å². The van der Waals surface area contributed by atoms with E-state index in [1.165, 1.54) is 0 Å². The molecule has 6 nitrogen and oxygen atoms in total. The van der Waals surface area contributed by atoms with E-state index in [-0.39, 0.29) is 18.6 Å². The lowest BCUT2D eigenvalue weighted by Gasteiger charge is -2.22. The largest absolute Gasteiger partial charge is 0.465 e. The molecule has 1 N–H and O–H groups in total. The van der Waals surface area contributed by atoms with Crippen LogP contribution in [0.2, 0.25) is 0 Å². The number of fused-ring (bicyclic) bond motifs is 2. The first kappa shape index (κ1) is 20.8. The molecule has 2 heterocycles. The lowest BCUT2D eigenvalue weighted by atomic mass is 9.86. The fourth-order valence-electron chi connectivity index (χ4n) is 3.88. The summed E-state index contributed by atoms with van der Waals surface area (Å²) in [5, 5.41) is 3.56. The fourth-order valence-corrected chi connectivity index (χ4v) is 3.88. The minimum Gasteiger partial charge on any atom is -0.465 e. The highest BCUT2D eigenvalue weighted by atomic mass is 16.5. The van der Waals surface area contributed by atoms with Crippen LogP contribution in [0.15, 0.2) is 47.1 Å². The van der Waals surface area contributed by atoms with Gasteiger partial charge in [0, 0.05) is 11.4 Å². The Morgan fingerprint density at radius 2 is 2.06 bits per heavy atom. The van der Waals surface area contributed by atoms with Crippen LogP contribution < -0.4 is 5.32 Å². The van der Waals surface area contributed by atoms with Crippen molar-refractivity contribution in [2.75, 3.05) is 6.61 Å². The summed E-state index contributed by atoms with van der Waals surface area (Å²) in [6, 6.07) is 11.3. The van der Waals surface area contributed by atoms with Crippen molar-refractivity contribution in [2.45, 2.75) is 45.6 Å². The normalized spacial score (nSPS) is 15.5. The van der Waals surface area contributed by atoms with Crippen LogP contribution in [0.1, 0.15) is 60.5 Å². The van der Waals surface area contributed by atoms with Crippen molar-refractivity contribution in [2.24, 2.45) is 0 Å². The van der Waals surface area contributed by atoms with Gasteiger partial charge in [-0.1, -0.05) is 25.1 Å². The van der Waals surface area contributed by atoms with E-state index in [1.54, 1.807) is 6.26 Å². The molecule has 1 aromatic carbocycles. The average Bonchev–Trinajstić information content (AvgIpc) is 3.29. The number of ether oxygens (including phenoxy) is 1. The number of para-hydroxylation sites is 1. The molecule has 1 atom stereocenters. The predicted molar refractivity (Wildman–Crippen MR) is 119 cm³/mol. The van der Waals surface area contributed by atoms with Gasteiger partial charge in [0.05, 0.1) is 23.0 Å². The molecule has 0 aliphatic heterocycles. The van der Waals surface area contributed by atoms with E-state index in [2.05, 4.69) is 5.32 Å². The summed E-state index contributed by atoms with van der Waals surface area (Å²) in [7, 11) is 0. The van der Waals surface area contributed by atoms with E-state index < -0.39 is 5.97 Å². The first-order valence-electron chi connectivity index (χ1n) is 10.7. The van der Waals surface area contributed by atoms with Crippen LogP contribution in [0.5, 0.6) is 0 Å². The number of hydrogen-bond acceptors (Lipinski definition) is 5. The topological polar surface area (TPSA) is 81.4 Å². The quantitative estimate of drug-likeness (QED) is 0.583. The maximum atomic E-state index is 13.1. The van der Waals surface area contributed by atoms with Crippen molar-refractivity contribution in [1.29, 1.82) is 0 Å². The summed E-state index contributed by atoms with van der Waals surface area (Å²) in [4.78, 5) is 30.1. The minimum atomic E-state index is -0.492. The van der Waals surface area contributed by atoms with Gasteiger partial charge in [-0.05, 0) is 68.0 Å². The lowest BCUT2D eigenvalue weighted by molar-refractivity contribution is -0.124. The van der Waals surface area contributed by atoms with Crippen molar-refractivity contribution in [3.05, 3.63) is 65.2 Å². The van der Waals surface area contributed by atoms with E-state index in [4.69, 9.17) is 14.1 Å². The molecule has 0 spiro atoms. The van der Waals surface area contributed by atoms with E-state index in [0.29, 0.717) is 5.56 Å². The number of esters is 1. The molecule has 1 unspecified atom stereocenters. The Morgan fingerprint density at radius 1 is 1.23 bits per heavy atom. The van der Waals surface area contributed by atoms with Gasteiger partial charge >= 0.3 is 5.97 Å². The zero-order valence-corrected chi connectivity index (χ0v) is 17.8. The second kappa shape index (κ2) is 9.16. The molecule has 31 heavy (non-hydrogen) atoms. The van der Waals surface area contributed by atoms with Crippen molar-refractivity contribution in [3.8, 4) is 0 Å². The van der Waals surface area contributed by atoms with E-state index >= 15 is 0 Å². The number of furan rings is 1. The van der Waals surface area contributed by atoms with Crippen molar-refractivity contribution in [3.63, 3.8) is 0 Å². The van der Waals surface area contributed by atoms with Crippen molar-refractivity contribution < 1.29 is 18.7 Å². The number of carbonyl (C=O) groups is 2. The van der Waals surface area contributed by atoms with Crippen LogP contribution in [0.25, 0.3) is 22.6 Å². The van der Waals surface area contributed by atoms with Gasteiger partial charge in [-0.25, -0.2) is 9.78 Å². The molecule has 6 heteroatoms. The first-order chi connectivity index (χ1) is 15.1. The van der Waals surface area contributed by atoms with Gasteiger partial charge in [0.15, 0.2) is 6.61 Å². The third kappa shape index (κ3) is 4.53. The summed E-state index contributed by atoms with van der Waals surface area (Å²) in [5.41, 5.74) is 3.93.